The second-order valence-corrected chi connectivity index (χ2v) is 4.18. The third-order valence-electron chi connectivity index (χ3n) is 3.04. The van der Waals surface area contributed by atoms with Crippen molar-refractivity contribution in [2.75, 3.05) is 0 Å². The molecule has 3 rings (SSSR count). The highest BCUT2D eigenvalue weighted by Crippen LogP contribution is 2.24. The number of nitrogens with zero attached hydrogens (tertiary/aromatic N) is 3. The van der Waals surface area contributed by atoms with Gasteiger partial charge in [-0.3, -0.25) is 5.41 Å². The van der Waals surface area contributed by atoms with Crippen molar-refractivity contribution in [1.29, 1.82) is 5.41 Å². The Kier molecular flexibility index (Phi) is 2.18. The van der Waals surface area contributed by atoms with Crippen LogP contribution >= 0.6 is 0 Å². The molecular weight excluding hydrogens is 214 g/mol. The Morgan fingerprint density at radius 3 is 3.00 bits per heavy atom. The van der Waals surface area contributed by atoms with Crippen molar-refractivity contribution in [3.05, 3.63) is 41.3 Å². The summed E-state index contributed by atoms with van der Waals surface area (Å²) >= 11 is 0. The molecule has 2 aromatic heterocycles. The van der Waals surface area contributed by atoms with Gasteiger partial charge in [-0.15, -0.1) is 0 Å². The van der Waals surface area contributed by atoms with E-state index < -0.39 is 0 Å². The maximum Gasteiger partial charge on any atom is 0.164 e. The fourth-order valence-corrected chi connectivity index (χ4v) is 2.23. The first-order chi connectivity index (χ1) is 8.25. The van der Waals surface area contributed by atoms with Crippen LogP contribution in [0.15, 0.2) is 24.5 Å². The van der Waals surface area contributed by atoms with E-state index in [4.69, 9.17) is 11.1 Å². The van der Waals surface area contributed by atoms with Gasteiger partial charge in [0.25, 0.3) is 0 Å². The number of hydrogen-bond acceptors (Lipinski definition) is 3. The summed E-state index contributed by atoms with van der Waals surface area (Å²) in [7, 11) is 0. The van der Waals surface area contributed by atoms with Crippen molar-refractivity contribution in [1.82, 2.24) is 14.8 Å². The lowest BCUT2D eigenvalue weighted by molar-refractivity contribution is 0.828. The van der Waals surface area contributed by atoms with Gasteiger partial charge < -0.3 is 5.73 Å². The Morgan fingerprint density at radius 2 is 2.29 bits per heavy atom. The molecule has 0 saturated heterocycles. The summed E-state index contributed by atoms with van der Waals surface area (Å²) in [5.41, 5.74) is 8.60. The second kappa shape index (κ2) is 3.69. The van der Waals surface area contributed by atoms with Gasteiger partial charge in [0.15, 0.2) is 5.82 Å². The number of aryl methyl sites for hydroxylation is 2. The van der Waals surface area contributed by atoms with Crippen molar-refractivity contribution < 1.29 is 0 Å². The van der Waals surface area contributed by atoms with Crippen LogP contribution in [0.3, 0.4) is 0 Å². The lowest BCUT2D eigenvalue weighted by Crippen LogP contribution is -2.17. The number of nitrogens with one attached hydrogen (secondary N) is 1. The van der Waals surface area contributed by atoms with Gasteiger partial charge in [0.1, 0.15) is 5.84 Å². The number of amidine groups is 1. The standard InChI is InChI=1S/C12H13N5/c13-11(14)9-7-8-3-1-4-10(8)16-12(9)17-6-2-5-15-17/h2,5-7H,1,3-4H2,(H3,13,14). The third-order valence-corrected chi connectivity index (χ3v) is 3.04. The molecule has 0 bridgehead atoms. The normalized spacial score (nSPS) is 13.6. The highest BCUT2D eigenvalue weighted by Gasteiger charge is 2.18. The van der Waals surface area contributed by atoms with Crippen molar-refractivity contribution >= 4 is 5.84 Å². The minimum absolute atomic E-state index is 0.0395. The van der Waals surface area contributed by atoms with Crippen LogP contribution in [0, 0.1) is 5.41 Å². The second-order valence-electron chi connectivity index (χ2n) is 4.18. The number of pyridine rings is 1. The molecule has 0 radical (unpaired) electrons. The van der Waals surface area contributed by atoms with Crippen molar-refractivity contribution in [3.8, 4) is 5.82 Å². The number of nitrogen functional groups attached to an aromatic ring is 1. The summed E-state index contributed by atoms with van der Waals surface area (Å²) in [5.74, 6) is 0.695. The summed E-state index contributed by atoms with van der Waals surface area (Å²) in [6, 6.07) is 3.81. The molecule has 2 aromatic rings. The zero-order valence-corrected chi connectivity index (χ0v) is 9.35. The molecule has 1 aliphatic rings. The van der Waals surface area contributed by atoms with Gasteiger partial charge in [-0.1, -0.05) is 0 Å². The van der Waals surface area contributed by atoms with Gasteiger partial charge in [0, 0.05) is 18.1 Å². The smallest absolute Gasteiger partial charge is 0.164 e. The fourth-order valence-electron chi connectivity index (χ4n) is 2.23. The molecule has 3 N–H and O–H groups in total. The molecule has 1 aliphatic carbocycles. The van der Waals surface area contributed by atoms with Gasteiger partial charge in [-0.05, 0) is 37.0 Å². The molecule has 2 heterocycles. The molecule has 17 heavy (non-hydrogen) atoms. The summed E-state index contributed by atoms with van der Waals surface area (Å²) in [5, 5.41) is 11.8. The van der Waals surface area contributed by atoms with Crippen LogP contribution in [-0.2, 0) is 12.8 Å². The highest BCUT2D eigenvalue weighted by atomic mass is 15.3. The first-order valence-electron chi connectivity index (χ1n) is 5.63. The Morgan fingerprint density at radius 1 is 1.41 bits per heavy atom. The molecule has 0 spiro atoms. The Labute approximate surface area is 98.8 Å². The van der Waals surface area contributed by atoms with Gasteiger partial charge in [0.05, 0.1) is 5.56 Å². The summed E-state index contributed by atoms with van der Waals surface area (Å²) in [4.78, 5) is 4.60. The lowest BCUT2D eigenvalue weighted by atomic mass is 10.1. The van der Waals surface area contributed by atoms with E-state index in [9.17, 15) is 0 Å². The van der Waals surface area contributed by atoms with E-state index in [0.29, 0.717) is 11.4 Å². The third kappa shape index (κ3) is 1.60. The number of fused-ring (bicyclic) bond motifs is 1. The van der Waals surface area contributed by atoms with Crippen LogP contribution in [0.5, 0.6) is 0 Å². The molecule has 0 amide bonds. The average molecular weight is 227 g/mol. The molecule has 0 saturated carbocycles. The van der Waals surface area contributed by atoms with E-state index in [2.05, 4.69) is 10.1 Å². The monoisotopic (exact) mass is 227 g/mol. The minimum Gasteiger partial charge on any atom is -0.384 e. The predicted molar refractivity (Wildman–Crippen MR) is 64.4 cm³/mol. The first-order valence-corrected chi connectivity index (χ1v) is 5.63. The van der Waals surface area contributed by atoms with Crippen molar-refractivity contribution in [3.63, 3.8) is 0 Å². The number of hydrogen-bond donors (Lipinski definition) is 2. The van der Waals surface area contributed by atoms with E-state index in [0.717, 1.165) is 25.0 Å². The molecule has 0 atom stereocenters. The fraction of sp³-hybridized carbons (Fsp3) is 0.250. The van der Waals surface area contributed by atoms with Crippen molar-refractivity contribution in [2.45, 2.75) is 19.3 Å². The molecule has 0 fully saturated rings. The maximum atomic E-state index is 7.64. The Hall–Kier alpha value is -2.17. The number of nitrogens with two attached hydrogens (primary N) is 1. The van der Waals surface area contributed by atoms with Gasteiger partial charge in [-0.25, -0.2) is 9.67 Å². The highest BCUT2D eigenvalue weighted by molar-refractivity contribution is 5.98. The van der Waals surface area contributed by atoms with E-state index in [1.54, 1.807) is 10.9 Å². The van der Waals surface area contributed by atoms with Crippen molar-refractivity contribution in [2.24, 2.45) is 5.73 Å². The van der Waals surface area contributed by atoms with E-state index in [-0.39, 0.29) is 5.84 Å². The molecule has 0 aromatic carbocycles. The number of rotatable bonds is 2. The molecule has 5 nitrogen and oxygen atoms in total. The van der Waals surface area contributed by atoms with Crippen LogP contribution < -0.4 is 5.73 Å². The first kappa shape index (κ1) is 10.0. The summed E-state index contributed by atoms with van der Waals surface area (Å²) in [6.07, 6.45) is 6.67. The molecule has 0 aliphatic heterocycles. The van der Waals surface area contributed by atoms with Crippen LogP contribution in [0.1, 0.15) is 23.2 Å². The largest absolute Gasteiger partial charge is 0.384 e. The van der Waals surface area contributed by atoms with Crippen LogP contribution in [0.4, 0.5) is 0 Å². The Bertz CT molecular complexity index is 571. The predicted octanol–water partition coefficient (Wildman–Crippen LogP) is 1.04. The van der Waals surface area contributed by atoms with Crippen LogP contribution in [0.25, 0.3) is 5.82 Å². The summed E-state index contributed by atoms with van der Waals surface area (Å²) in [6.45, 7) is 0. The van der Waals surface area contributed by atoms with Crippen LogP contribution in [-0.4, -0.2) is 20.6 Å². The molecule has 5 heteroatoms. The van der Waals surface area contributed by atoms with E-state index >= 15 is 0 Å². The average Bonchev–Trinajstić information content (AvgIpc) is 2.98. The van der Waals surface area contributed by atoms with Gasteiger partial charge >= 0.3 is 0 Å². The molecular formula is C12H13N5. The zero-order chi connectivity index (χ0) is 11.8. The summed E-state index contributed by atoms with van der Waals surface area (Å²) < 4.78 is 1.66. The van der Waals surface area contributed by atoms with Gasteiger partial charge in [-0.2, -0.15) is 5.10 Å². The molecule has 0 unspecified atom stereocenters. The van der Waals surface area contributed by atoms with Gasteiger partial charge in [0.2, 0.25) is 0 Å². The molecule has 86 valence electrons. The van der Waals surface area contributed by atoms with Crippen LogP contribution in [0.2, 0.25) is 0 Å². The quantitative estimate of drug-likeness (QED) is 0.594. The van der Waals surface area contributed by atoms with E-state index in [1.165, 1.54) is 5.56 Å². The minimum atomic E-state index is 0.0395. The van der Waals surface area contributed by atoms with E-state index in [1.807, 2.05) is 18.3 Å². The number of aromatic nitrogens is 3. The zero-order valence-electron chi connectivity index (χ0n) is 9.35. The SMILES string of the molecule is N=C(N)c1cc2c(nc1-n1cccn1)CCC2. The maximum absolute atomic E-state index is 7.64. The topological polar surface area (TPSA) is 80.6 Å². The Balaban J connectivity index is 2.22. The lowest BCUT2D eigenvalue weighted by Gasteiger charge is -2.10.